The normalized spacial score (nSPS) is 15.0. The molecule has 29 heavy (non-hydrogen) atoms. The van der Waals surface area contributed by atoms with Crippen LogP contribution >= 0.6 is 11.3 Å². The van der Waals surface area contributed by atoms with Crippen LogP contribution in [0, 0.1) is 5.92 Å². The number of anilines is 2. The maximum absolute atomic E-state index is 12.1. The number of hydrogen-bond donors (Lipinski definition) is 2. The van der Waals surface area contributed by atoms with E-state index in [4.69, 9.17) is 4.74 Å². The quantitative estimate of drug-likeness (QED) is 0.706. The zero-order chi connectivity index (χ0) is 20.9. The van der Waals surface area contributed by atoms with Gasteiger partial charge in [0.1, 0.15) is 10.8 Å². The first kappa shape index (κ1) is 21.2. The molecule has 2 N–H and O–H groups in total. The molecule has 0 atom stereocenters. The van der Waals surface area contributed by atoms with Gasteiger partial charge in [0.15, 0.2) is 0 Å². The van der Waals surface area contributed by atoms with Crippen LogP contribution in [0.4, 0.5) is 10.8 Å². The molecule has 0 spiro atoms. The number of rotatable bonds is 5. The van der Waals surface area contributed by atoms with Crippen molar-refractivity contribution in [2.45, 2.75) is 58.3 Å². The number of carbonyl (C=O) groups is 2. The van der Waals surface area contributed by atoms with Crippen molar-refractivity contribution in [2.24, 2.45) is 5.92 Å². The predicted octanol–water partition coefficient (Wildman–Crippen LogP) is 4.37. The van der Waals surface area contributed by atoms with E-state index in [9.17, 15) is 9.59 Å². The van der Waals surface area contributed by atoms with Crippen LogP contribution in [0.5, 0.6) is 5.75 Å². The van der Waals surface area contributed by atoms with E-state index in [1.807, 2.05) is 20.8 Å². The van der Waals surface area contributed by atoms with Crippen molar-refractivity contribution >= 4 is 34.0 Å². The van der Waals surface area contributed by atoms with Crippen LogP contribution in [0.1, 0.15) is 57.9 Å². The molecule has 1 aromatic heterocycles. The molecule has 2 amide bonds. The smallest absolute Gasteiger partial charge is 0.315 e. The van der Waals surface area contributed by atoms with Crippen molar-refractivity contribution in [3.8, 4) is 5.75 Å². The molecule has 1 aliphatic rings. The van der Waals surface area contributed by atoms with E-state index in [2.05, 4.69) is 20.8 Å². The van der Waals surface area contributed by atoms with E-state index in [1.165, 1.54) is 43.4 Å². The lowest BCUT2D eigenvalue weighted by molar-refractivity contribution is -0.133. The van der Waals surface area contributed by atoms with Crippen molar-refractivity contribution in [1.82, 2.24) is 10.2 Å². The van der Waals surface area contributed by atoms with Gasteiger partial charge in [-0.25, -0.2) is 0 Å². The number of carbonyl (C=O) groups excluding carboxylic acids is 2. The molecule has 1 aliphatic carbocycles. The summed E-state index contributed by atoms with van der Waals surface area (Å²) in [7, 11) is 0. The monoisotopic (exact) mass is 416 g/mol. The Balaban J connectivity index is 1.48. The Morgan fingerprint density at radius 2 is 1.69 bits per heavy atom. The Kier molecular flexibility index (Phi) is 6.84. The minimum atomic E-state index is -0.778. The lowest BCUT2D eigenvalue weighted by Crippen LogP contribution is -2.29. The van der Waals surface area contributed by atoms with E-state index in [0.29, 0.717) is 16.7 Å². The predicted molar refractivity (Wildman–Crippen MR) is 114 cm³/mol. The fraction of sp³-hybridized carbons (Fsp3) is 0.524. The average Bonchev–Trinajstić information content (AvgIpc) is 3.17. The second-order valence-corrected chi connectivity index (χ2v) is 9.39. The molecule has 0 aliphatic heterocycles. The molecule has 0 radical (unpaired) electrons. The van der Waals surface area contributed by atoms with Gasteiger partial charge in [-0.1, -0.05) is 51.4 Å². The summed E-state index contributed by atoms with van der Waals surface area (Å²) < 4.78 is 5.86. The molecular weight excluding hydrogens is 388 g/mol. The first-order valence-electron chi connectivity index (χ1n) is 10.0. The number of benzene rings is 1. The van der Waals surface area contributed by atoms with Gasteiger partial charge in [0, 0.05) is 11.1 Å². The third-order valence-corrected chi connectivity index (χ3v) is 6.08. The van der Waals surface area contributed by atoms with Gasteiger partial charge in [-0.2, -0.15) is 0 Å². The van der Waals surface area contributed by atoms with Crippen LogP contribution in [0.3, 0.4) is 0 Å². The Bertz CT molecular complexity index is 836. The van der Waals surface area contributed by atoms with Crippen molar-refractivity contribution < 1.29 is 14.3 Å². The minimum absolute atomic E-state index is 0.163. The van der Waals surface area contributed by atoms with Crippen LogP contribution in [0.2, 0.25) is 0 Å². The minimum Gasteiger partial charge on any atom is -0.493 e. The van der Waals surface area contributed by atoms with Gasteiger partial charge in [0.25, 0.3) is 0 Å². The Labute approximate surface area is 175 Å². The number of ether oxygens (including phenoxy) is 1. The number of nitrogens with one attached hydrogen (secondary N) is 2. The van der Waals surface area contributed by atoms with Gasteiger partial charge >= 0.3 is 11.8 Å². The molecule has 1 heterocycles. The fourth-order valence-electron chi connectivity index (χ4n) is 3.12. The highest BCUT2D eigenvalue weighted by molar-refractivity contribution is 7.15. The molecule has 3 rings (SSSR count). The zero-order valence-electron chi connectivity index (χ0n) is 17.2. The zero-order valence-corrected chi connectivity index (χ0v) is 18.0. The maximum atomic E-state index is 12.1. The second-order valence-electron chi connectivity index (χ2n) is 8.41. The van der Waals surface area contributed by atoms with Gasteiger partial charge in [-0.15, -0.1) is 10.2 Å². The van der Waals surface area contributed by atoms with Crippen molar-refractivity contribution in [1.29, 1.82) is 0 Å². The lowest BCUT2D eigenvalue weighted by atomic mass is 9.90. The van der Waals surface area contributed by atoms with Crippen molar-refractivity contribution in [3.05, 3.63) is 29.3 Å². The van der Waals surface area contributed by atoms with E-state index >= 15 is 0 Å². The Morgan fingerprint density at radius 1 is 1.03 bits per heavy atom. The first-order valence-corrected chi connectivity index (χ1v) is 10.8. The number of aromatic nitrogens is 2. The third-order valence-electron chi connectivity index (χ3n) is 4.82. The summed E-state index contributed by atoms with van der Waals surface area (Å²) in [6.07, 6.45) is 6.37. The van der Waals surface area contributed by atoms with Crippen LogP contribution in [0.25, 0.3) is 0 Å². The molecular formula is C21H28N4O3S. The molecule has 0 bridgehead atoms. The van der Waals surface area contributed by atoms with Gasteiger partial charge in [-0.05, 0) is 43.0 Å². The summed E-state index contributed by atoms with van der Waals surface area (Å²) in [5, 5.41) is 14.1. The van der Waals surface area contributed by atoms with Crippen LogP contribution in [0.15, 0.2) is 24.3 Å². The second kappa shape index (κ2) is 9.35. The topological polar surface area (TPSA) is 93.2 Å². The van der Waals surface area contributed by atoms with Crippen LogP contribution < -0.4 is 15.4 Å². The van der Waals surface area contributed by atoms with E-state index in [0.717, 1.165) is 17.4 Å². The molecule has 8 heteroatoms. The molecule has 7 nitrogen and oxygen atoms in total. The molecule has 1 fully saturated rings. The largest absolute Gasteiger partial charge is 0.493 e. The van der Waals surface area contributed by atoms with E-state index in [1.54, 1.807) is 24.3 Å². The Morgan fingerprint density at radius 3 is 2.31 bits per heavy atom. The summed E-state index contributed by atoms with van der Waals surface area (Å²) in [4.78, 5) is 24.3. The summed E-state index contributed by atoms with van der Waals surface area (Å²) >= 11 is 1.26. The highest BCUT2D eigenvalue weighted by Crippen LogP contribution is 2.28. The summed E-state index contributed by atoms with van der Waals surface area (Å²) in [5.41, 5.74) is 0.367. The average molecular weight is 417 g/mol. The van der Waals surface area contributed by atoms with Gasteiger partial charge < -0.3 is 10.1 Å². The maximum Gasteiger partial charge on any atom is 0.315 e. The summed E-state index contributed by atoms with van der Waals surface area (Å²) in [6.45, 7) is 6.75. The molecule has 1 aromatic carbocycles. The van der Waals surface area contributed by atoms with Gasteiger partial charge in [0.05, 0.1) is 6.61 Å². The number of amides is 2. The van der Waals surface area contributed by atoms with E-state index < -0.39 is 11.8 Å². The third kappa shape index (κ3) is 6.25. The standard InChI is InChI=1S/C21H28N4O3S/c1-21(2,3)19-24-25-20(29-19)23-18(27)17(26)22-15-9-11-16(12-10-15)28-13-14-7-5-4-6-8-14/h9-12,14H,4-8,13H2,1-3H3,(H,22,26)(H,23,25,27). The van der Waals surface area contributed by atoms with Crippen molar-refractivity contribution in [2.75, 3.05) is 17.2 Å². The molecule has 0 saturated heterocycles. The van der Waals surface area contributed by atoms with Crippen molar-refractivity contribution in [3.63, 3.8) is 0 Å². The summed E-state index contributed by atoms with van der Waals surface area (Å²) in [6, 6.07) is 7.06. The van der Waals surface area contributed by atoms with Crippen LogP contribution in [-0.4, -0.2) is 28.6 Å². The lowest BCUT2D eigenvalue weighted by Gasteiger charge is -2.21. The van der Waals surface area contributed by atoms with Gasteiger partial charge in [-0.3, -0.25) is 14.9 Å². The fourth-order valence-corrected chi connectivity index (χ4v) is 3.92. The first-order chi connectivity index (χ1) is 13.8. The Hall–Kier alpha value is -2.48. The van der Waals surface area contributed by atoms with Gasteiger partial charge in [0.2, 0.25) is 5.13 Å². The van der Waals surface area contributed by atoms with Crippen LogP contribution in [-0.2, 0) is 15.0 Å². The highest BCUT2D eigenvalue weighted by atomic mass is 32.1. The summed E-state index contributed by atoms with van der Waals surface area (Å²) in [5.74, 6) is -0.139. The highest BCUT2D eigenvalue weighted by Gasteiger charge is 2.22. The molecule has 2 aromatic rings. The number of hydrogen-bond acceptors (Lipinski definition) is 6. The molecule has 1 saturated carbocycles. The molecule has 156 valence electrons. The molecule has 0 unspecified atom stereocenters. The van der Waals surface area contributed by atoms with E-state index in [-0.39, 0.29) is 5.41 Å². The SMILES string of the molecule is CC(C)(C)c1nnc(NC(=O)C(=O)Nc2ccc(OCC3CCCCC3)cc2)s1. The number of nitrogens with zero attached hydrogens (tertiary/aromatic N) is 2.